The summed E-state index contributed by atoms with van der Waals surface area (Å²) in [4.78, 5) is 14.8. The van der Waals surface area contributed by atoms with Crippen molar-refractivity contribution in [2.24, 2.45) is 11.8 Å². The van der Waals surface area contributed by atoms with E-state index < -0.39 is 0 Å². The summed E-state index contributed by atoms with van der Waals surface area (Å²) < 4.78 is 5.55. The summed E-state index contributed by atoms with van der Waals surface area (Å²) in [5.74, 6) is 0.974. The molecule has 2 fully saturated rings. The molecule has 0 aromatic carbocycles. The molecule has 3 unspecified atom stereocenters. The lowest BCUT2D eigenvalue weighted by Gasteiger charge is -2.35. The first-order valence-electron chi connectivity index (χ1n) is 7.72. The Morgan fingerprint density at radius 3 is 2.74 bits per heavy atom. The number of ether oxygens (including phenoxy) is 1. The molecule has 2 aliphatic rings. The molecule has 1 N–H and O–H groups in total. The summed E-state index contributed by atoms with van der Waals surface area (Å²) in [6.07, 6.45) is 3.43. The van der Waals surface area contributed by atoms with Gasteiger partial charge in [0.15, 0.2) is 0 Å². The molecule has 0 aromatic heterocycles. The Bertz CT molecular complexity index is 301. The molecular formula is C15H28N2O2. The van der Waals surface area contributed by atoms with Crippen LogP contribution in [0, 0.1) is 11.8 Å². The van der Waals surface area contributed by atoms with Crippen LogP contribution < -0.4 is 5.32 Å². The number of carbonyl (C=O) groups excluding carboxylic acids is 1. The number of carbonyl (C=O) groups is 1. The average Bonchev–Trinajstić information content (AvgIpc) is 2.82. The quantitative estimate of drug-likeness (QED) is 0.843. The Kier molecular flexibility index (Phi) is 5.22. The van der Waals surface area contributed by atoms with Crippen LogP contribution in [-0.4, -0.2) is 49.2 Å². The predicted molar refractivity (Wildman–Crippen MR) is 76.0 cm³/mol. The van der Waals surface area contributed by atoms with E-state index in [9.17, 15) is 4.79 Å². The molecule has 0 aromatic rings. The lowest BCUT2D eigenvalue weighted by molar-refractivity contribution is -0.139. The number of nitrogens with zero attached hydrogens (tertiary/aromatic N) is 1. The largest absolute Gasteiger partial charge is 0.378 e. The first-order valence-corrected chi connectivity index (χ1v) is 7.72. The Hall–Kier alpha value is -0.610. The van der Waals surface area contributed by atoms with Gasteiger partial charge in [0.1, 0.15) is 0 Å². The van der Waals surface area contributed by atoms with Gasteiger partial charge in [-0.2, -0.15) is 0 Å². The maximum absolute atomic E-state index is 12.7. The van der Waals surface area contributed by atoms with E-state index in [1.54, 1.807) is 0 Å². The Labute approximate surface area is 116 Å². The van der Waals surface area contributed by atoms with Crippen molar-refractivity contribution in [1.82, 2.24) is 10.2 Å². The first kappa shape index (κ1) is 14.8. The minimum Gasteiger partial charge on any atom is -0.378 e. The summed E-state index contributed by atoms with van der Waals surface area (Å²) in [6, 6.07) is 0.280. The van der Waals surface area contributed by atoms with Crippen LogP contribution in [-0.2, 0) is 9.53 Å². The number of rotatable bonds is 4. The van der Waals surface area contributed by atoms with E-state index in [1.807, 2.05) is 6.92 Å². The number of piperidine rings is 1. The molecule has 2 rings (SSSR count). The summed E-state index contributed by atoms with van der Waals surface area (Å²) in [7, 11) is 0. The van der Waals surface area contributed by atoms with Gasteiger partial charge >= 0.3 is 0 Å². The highest BCUT2D eigenvalue weighted by atomic mass is 16.5. The first-order chi connectivity index (χ1) is 9.09. The molecule has 0 spiro atoms. The summed E-state index contributed by atoms with van der Waals surface area (Å²) >= 11 is 0. The minimum absolute atomic E-state index is 0.0685. The number of amides is 1. The average molecular weight is 268 g/mol. The van der Waals surface area contributed by atoms with Crippen LogP contribution in [0.2, 0.25) is 0 Å². The third kappa shape index (κ3) is 3.69. The van der Waals surface area contributed by atoms with Gasteiger partial charge in [-0.15, -0.1) is 0 Å². The third-order valence-corrected chi connectivity index (χ3v) is 4.45. The van der Waals surface area contributed by atoms with Crippen LogP contribution in [0.15, 0.2) is 0 Å². The smallest absolute Gasteiger partial charge is 0.228 e. The molecule has 4 nitrogen and oxygen atoms in total. The van der Waals surface area contributed by atoms with Crippen molar-refractivity contribution >= 4 is 5.91 Å². The van der Waals surface area contributed by atoms with E-state index in [0.717, 1.165) is 32.7 Å². The lowest BCUT2D eigenvalue weighted by Crippen LogP contribution is -2.47. The van der Waals surface area contributed by atoms with Crippen LogP contribution in [0.1, 0.15) is 40.0 Å². The molecule has 4 heteroatoms. The molecule has 0 radical (unpaired) electrons. The van der Waals surface area contributed by atoms with Crippen LogP contribution in [0.4, 0.5) is 0 Å². The fraction of sp³-hybridized carbons (Fsp3) is 0.933. The zero-order valence-electron chi connectivity index (χ0n) is 12.5. The summed E-state index contributed by atoms with van der Waals surface area (Å²) in [5, 5.41) is 3.43. The zero-order valence-corrected chi connectivity index (χ0v) is 12.5. The molecule has 2 heterocycles. The van der Waals surface area contributed by atoms with E-state index in [0.29, 0.717) is 11.8 Å². The van der Waals surface area contributed by atoms with Gasteiger partial charge in [0, 0.05) is 19.2 Å². The number of hydrogen-bond donors (Lipinski definition) is 1. The predicted octanol–water partition coefficient (Wildman–Crippen LogP) is 1.65. The van der Waals surface area contributed by atoms with Crippen molar-refractivity contribution in [2.45, 2.75) is 52.2 Å². The van der Waals surface area contributed by atoms with Crippen molar-refractivity contribution in [2.75, 3.05) is 26.2 Å². The highest BCUT2D eigenvalue weighted by Crippen LogP contribution is 2.25. The fourth-order valence-electron chi connectivity index (χ4n) is 3.18. The summed E-state index contributed by atoms with van der Waals surface area (Å²) in [6.45, 7) is 10.1. The van der Waals surface area contributed by atoms with Crippen LogP contribution in [0.25, 0.3) is 0 Å². The minimum atomic E-state index is 0.0685. The maximum Gasteiger partial charge on any atom is 0.228 e. The molecule has 110 valence electrons. The third-order valence-electron chi connectivity index (χ3n) is 4.45. The highest BCUT2D eigenvalue weighted by Gasteiger charge is 2.35. The molecule has 2 aliphatic heterocycles. The van der Waals surface area contributed by atoms with Gasteiger partial charge in [-0.3, -0.25) is 4.79 Å². The second kappa shape index (κ2) is 6.71. The van der Waals surface area contributed by atoms with Crippen molar-refractivity contribution in [3.05, 3.63) is 0 Å². The normalized spacial score (nSPS) is 31.7. The zero-order chi connectivity index (χ0) is 13.8. The second-order valence-electron chi connectivity index (χ2n) is 6.27. The van der Waals surface area contributed by atoms with Crippen molar-refractivity contribution in [3.63, 3.8) is 0 Å². The van der Waals surface area contributed by atoms with E-state index >= 15 is 0 Å². The molecule has 3 atom stereocenters. The van der Waals surface area contributed by atoms with Crippen LogP contribution >= 0.6 is 0 Å². The number of nitrogens with one attached hydrogen (secondary N) is 1. The fourth-order valence-corrected chi connectivity index (χ4v) is 3.18. The van der Waals surface area contributed by atoms with E-state index in [-0.39, 0.29) is 18.1 Å². The van der Waals surface area contributed by atoms with Gasteiger partial charge in [0.05, 0.1) is 12.0 Å². The molecule has 2 saturated heterocycles. The van der Waals surface area contributed by atoms with Crippen molar-refractivity contribution < 1.29 is 9.53 Å². The van der Waals surface area contributed by atoms with Gasteiger partial charge in [0.25, 0.3) is 0 Å². The van der Waals surface area contributed by atoms with Gasteiger partial charge in [-0.25, -0.2) is 0 Å². The highest BCUT2D eigenvalue weighted by molar-refractivity contribution is 5.80. The molecule has 0 bridgehead atoms. The molecular weight excluding hydrogens is 240 g/mol. The van der Waals surface area contributed by atoms with Crippen LogP contribution in [0.5, 0.6) is 0 Å². The molecule has 1 amide bonds. The molecule has 19 heavy (non-hydrogen) atoms. The van der Waals surface area contributed by atoms with Gasteiger partial charge < -0.3 is 15.0 Å². The van der Waals surface area contributed by atoms with Gasteiger partial charge in [-0.05, 0) is 59.0 Å². The van der Waals surface area contributed by atoms with Crippen LogP contribution in [0.3, 0.4) is 0 Å². The molecule has 0 aliphatic carbocycles. The second-order valence-corrected chi connectivity index (χ2v) is 6.27. The van der Waals surface area contributed by atoms with Crippen molar-refractivity contribution in [3.8, 4) is 0 Å². The van der Waals surface area contributed by atoms with Crippen molar-refractivity contribution in [1.29, 1.82) is 0 Å². The Morgan fingerprint density at radius 1 is 1.42 bits per heavy atom. The van der Waals surface area contributed by atoms with E-state index in [4.69, 9.17) is 4.74 Å². The molecule has 0 saturated carbocycles. The van der Waals surface area contributed by atoms with E-state index in [1.165, 1.54) is 12.8 Å². The Morgan fingerprint density at radius 2 is 2.21 bits per heavy atom. The Balaban J connectivity index is 1.96. The summed E-state index contributed by atoms with van der Waals surface area (Å²) in [5.41, 5.74) is 0. The van der Waals surface area contributed by atoms with E-state index in [2.05, 4.69) is 24.1 Å². The van der Waals surface area contributed by atoms with Gasteiger partial charge in [0.2, 0.25) is 5.91 Å². The van der Waals surface area contributed by atoms with Gasteiger partial charge in [-0.1, -0.05) is 0 Å². The maximum atomic E-state index is 12.7. The standard InChI is InChI=1S/C15H28N2O2/c1-11(2)17(10-13-5-4-7-16-9-13)15(18)14-6-8-19-12(14)3/h11-14,16H,4-10H2,1-3H3. The topological polar surface area (TPSA) is 41.6 Å². The SMILES string of the molecule is CC1OCCC1C(=O)N(CC1CCCNC1)C(C)C. The monoisotopic (exact) mass is 268 g/mol. The number of hydrogen-bond acceptors (Lipinski definition) is 3. The lowest BCUT2D eigenvalue weighted by atomic mass is 9.95.